The minimum Gasteiger partial charge on any atom is -0.337 e. The first-order chi connectivity index (χ1) is 13.0. The molecule has 27 heavy (non-hydrogen) atoms. The van der Waals surface area contributed by atoms with Crippen LogP contribution in [0.1, 0.15) is 22.5 Å². The number of hydrogen-bond donors (Lipinski definition) is 2. The van der Waals surface area contributed by atoms with Crippen molar-refractivity contribution in [1.82, 2.24) is 19.5 Å². The largest absolute Gasteiger partial charge is 0.337 e. The zero-order valence-electron chi connectivity index (χ0n) is 14.6. The molecule has 0 saturated carbocycles. The van der Waals surface area contributed by atoms with Crippen LogP contribution in [0.4, 0.5) is 0 Å². The lowest BCUT2D eigenvalue weighted by atomic mass is 10.1. The lowest BCUT2D eigenvalue weighted by Gasteiger charge is -2.10. The molecule has 136 valence electrons. The number of hydrogen-bond acceptors (Lipinski definition) is 3. The highest BCUT2D eigenvalue weighted by atomic mass is 35.5. The number of halogens is 2. The predicted octanol–water partition coefficient (Wildman–Crippen LogP) is 4.49. The first-order valence-corrected chi connectivity index (χ1v) is 9.24. The predicted molar refractivity (Wildman–Crippen MR) is 107 cm³/mol. The van der Waals surface area contributed by atoms with E-state index in [1.807, 2.05) is 22.8 Å². The van der Waals surface area contributed by atoms with Gasteiger partial charge in [0.1, 0.15) is 11.3 Å². The molecule has 5 nitrogen and oxygen atoms in total. The van der Waals surface area contributed by atoms with E-state index in [0.717, 1.165) is 11.4 Å². The Kier molecular flexibility index (Phi) is 4.72. The fourth-order valence-corrected chi connectivity index (χ4v) is 3.59. The molecule has 2 heterocycles. The Balaban J connectivity index is 1.77. The molecule has 2 N–H and O–H groups in total. The van der Waals surface area contributed by atoms with Crippen LogP contribution < -0.4 is 5.49 Å². The Labute approximate surface area is 166 Å². The van der Waals surface area contributed by atoms with Gasteiger partial charge in [-0.25, -0.2) is 9.97 Å². The third kappa shape index (κ3) is 3.48. The minimum atomic E-state index is 0.162. The first-order valence-electron chi connectivity index (χ1n) is 8.49. The van der Waals surface area contributed by atoms with Crippen LogP contribution in [0.15, 0.2) is 48.8 Å². The molecule has 0 radical (unpaired) electrons. The summed E-state index contributed by atoms with van der Waals surface area (Å²) in [6, 6.07) is 13.6. The van der Waals surface area contributed by atoms with Gasteiger partial charge in [0.2, 0.25) is 0 Å². The molecular formula is C20H17Cl2N5. The van der Waals surface area contributed by atoms with Crippen molar-refractivity contribution in [2.75, 3.05) is 0 Å². The molecule has 4 rings (SSSR count). The molecule has 0 aliphatic heterocycles. The Bertz CT molecular complexity index is 1170. The summed E-state index contributed by atoms with van der Waals surface area (Å²) < 4.78 is 1.86. The van der Waals surface area contributed by atoms with Crippen molar-refractivity contribution >= 4 is 34.4 Å². The molecule has 2 aromatic carbocycles. The second-order valence-electron chi connectivity index (χ2n) is 6.41. The quantitative estimate of drug-likeness (QED) is 0.532. The molecule has 0 unspecified atom stereocenters. The van der Waals surface area contributed by atoms with E-state index < -0.39 is 0 Å². The van der Waals surface area contributed by atoms with Gasteiger partial charge in [0.15, 0.2) is 11.1 Å². The van der Waals surface area contributed by atoms with Crippen molar-refractivity contribution < 1.29 is 0 Å². The van der Waals surface area contributed by atoms with Crippen molar-refractivity contribution in [1.29, 1.82) is 5.41 Å². The number of aromatic nitrogens is 4. The average molecular weight is 398 g/mol. The fraction of sp³-hybridized carbons (Fsp3) is 0.150. The van der Waals surface area contributed by atoms with Crippen LogP contribution in [0, 0.1) is 12.3 Å². The van der Waals surface area contributed by atoms with Gasteiger partial charge in [0.05, 0.1) is 12.9 Å². The fourth-order valence-electron chi connectivity index (χ4n) is 3.07. The Morgan fingerprint density at radius 1 is 1.07 bits per heavy atom. The number of nitrogens with zero attached hydrogens (tertiary/aromatic N) is 3. The Morgan fingerprint density at radius 3 is 2.56 bits per heavy atom. The van der Waals surface area contributed by atoms with Crippen LogP contribution in [0.2, 0.25) is 10.0 Å². The summed E-state index contributed by atoms with van der Waals surface area (Å²) >= 11 is 12.6. The second kappa shape index (κ2) is 7.18. The third-order valence-electron chi connectivity index (χ3n) is 4.58. The van der Waals surface area contributed by atoms with E-state index in [1.165, 1.54) is 11.1 Å². The van der Waals surface area contributed by atoms with Crippen LogP contribution in [0.3, 0.4) is 0 Å². The van der Waals surface area contributed by atoms with Gasteiger partial charge in [-0.3, -0.25) is 5.41 Å². The zero-order valence-corrected chi connectivity index (χ0v) is 16.1. The lowest BCUT2D eigenvalue weighted by molar-refractivity contribution is 0.783. The molecule has 0 spiro atoms. The van der Waals surface area contributed by atoms with Gasteiger partial charge in [0, 0.05) is 22.0 Å². The Morgan fingerprint density at radius 2 is 1.81 bits per heavy atom. The van der Waals surface area contributed by atoms with Crippen LogP contribution in [0.25, 0.3) is 11.2 Å². The molecule has 4 aromatic rings. The molecule has 0 saturated heterocycles. The van der Waals surface area contributed by atoms with E-state index >= 15 is 0 Å². The van der Waals surface area contributed by atoms with Gasteiger partial charge >= 0.3 is 0 Å². The highest BCUT2D eigenvalue weighted by molar-refractivity contribution is 6.36. The Hall–Kier alpha value is -2.63. The summed E-state index contributed by atoms with van der Waals surface area (Å²) in [5.41, 5.74) is 4.62. The van der Waals surface area contributed by atoms with Gasteiger partial charge < -0.3 is 9.55 Å². The SMILES string of the molecule is Cc1ccccc1Cc1nc2c([nH]1)c(=N)ncn2Cc1c(Cl)cccc1Cl. The first kappa shape index (κ1) is 17.8. The molecule has 7 heteroatoms. The van der Waals surface area contributed by atoms with Crippen molar-refractivity contribution in [3.8, 4) is 0 Å². The minimum absolute atomic E-state index is 0.162. The zero-order chi connectivity index (χ0) is 19.0. The highest BCUT2D eigenvalue weighted by Crippen LogP contribution is 2.25. The molecule has 0 atom stereocenters. The molecular weight excluding hydrogens is 381 g/mol. The number of aromatic amines is 1. The summed E-state index contributed by atoms with van der Waals surface area (Å²) in [6.45, 7) is 2.51. The summed E-state index contributed by atoms with van der Waals surface area (Å²) in [5, 5.41) is 9.30. The second-order valence-corrected chi connectivity index (χ2v) is 7.22. The summed E-state index contributed by atoms with van der Waals surface area (Å²) in [5.74, 6) is 0.791. The van der Waals surface area contributed by atoms with E-state index in [1.54, 1.807) is 18.5 Å². The van der Waals surface area contributed by atoms with E-state index in [0.29, 0.717) is 34.2 Å². The van der Waals surface area contributed by atoms with Gasteiger partial charge in [-0.05, 0) is 30.2 Å². The lowest BCUT2D eigenvalue weighted by Crippen LogP contribution is -2.13. The van der Waals surface area contributed by atoms with Crippen molar-refractivity contribution in [3.63, 3.8) is 0 Å². The summed E-state index contributed by atoms with van der Waals surface area (Å²) in [4.78, 5) is 12.1. The molecule has 0 aliphatic rings. The van der Waals surface area contributed by atoms with Crippen LogP contribution >= 0.6 is 23.2 Å². The van der Waals surface area contributed by atoms with Crippen molar-refractivity contribution in [3.05, 3.63) is 86.8 Å². The maximum atomic E-state index is 8.11. The number of rotatable bonds is 4. The number of imidazole rings is 1. The molecule has 0 amide bonds. The number of fused-ring (bicyclic) bond motifs is 1. The highest BCUT2D eigenvalue weighted by Gasteiger charge is 2.13. The summed E-state index contributed by atoms with van der Waals surface area (Å²) in [6.07, 6.45) is 2.26. The van der Waals surface area contributed by atoms with Gasteiger partial charge in [-0.15, -0.1) is 0 Å². The number of benzene rings is 2. The normalized spacial score (nSPS) is 11.2. The standard InChI is InChI=1S/C20H17Cl2N5/c1-12-5-2-3-6-13(12)9-17-25-18-19(23)24-11-27(20(18)26-17)10-14-15(21)7-4-8-16(14)22/h2-8,11,23H,9-10H2,1H3,(H,25,26). The van der Waals surface area contributed by atoms with E-state index in [4.69, 9.17) is 33.6 Å². The van der Waals surface area contributed by atoms with Gasteiger partial charge in [-0.1, -0.05) is 53.5 Å². The van der Waals surface area contributed by atoms with E-state index in [-0.39, 0.29) is 5.49 Å². The van der Waals surface area contributed by atoms with Crippen molar-refractivity contribution in [2.45, 2.75) is 19.9 Å². The van der Waals surface area contributed by atoms with Gasteiger partial charge in [0.25, 0.3) is 0 Å². The topological polar surface area (TPSA) is 70.3 Å². The van der Waals surface area contributed by atoms with Crippen LogP contribution in [0.5, 0.6) is 0 Å². The smallest absolute Gasteiger partial charge is 0.173 e. The van der Waals surface area contributed by atoms with Gasteiger partial charge in [-0.2, -0.15) is 0 Å². The number of aryl methyl sites for hydroxylation is 1. The monoisotopic (exact) mass is 397 g/mol. The summed E-state index contributed by atoms with van der Waals surface area (Å²) in [7, 11) is 0. The van der Waals surface area contributed by atoms with E-state index in [9.17, 15) is 0 Å². The maximum Gasteiger partial charge on any atom is 0.173 e. The number of nitrogens with one attached hydrogen (secondary N) is 2. The third-order valence-corrected chi connectivity index (χ3v) is 5.29. The van der Waals surface area contributed by atoms with Crippen LogP contribution in [-0.2, 0) is 13.0 Å². The average Bonchev–Trinajstić information content (AvgIpc) is 3.07. The molecule has 0 fully saturated rings. The molecule has 0 bridgehead atoms. The maximum absolute atomic E-state index is 8.11. The van der Waals surface area contributed by atoms with E-state index in [2.05, 4.69) is 29.0 Å². The van der Waals surface area contributed by atoms with Crippen LogP contribution in [-0.4, -0.2) is 19.5 Å². The molecule has 0 aliphatic carbocycles. The molecule has 2 aromatic heterocycles. The van der Waals surface area contributed by atoms with Crippen molar-refractivity contribution in [2.24, 2.45) is 0 Å². The number of H-pyrrole nitrogens is 1.